The van der Waals surface area contributed by atoms with Crippen molar-refractivity contribution in [1.82, 2.24) is 10.6 Å². The van der Waals surface area contributed by atoms with Crippen LogP contribution in [0.4, 0.5) is 0 Å². The normalized spacial score (nSPS) is 20.3. The molecule has 1 heterocycles. The molecular formula is C14H16Cl2N2O3. The lowest BCUT2D eigenvalue weighted by molar-refractivity contribution is -0.134. The first-order chi connectivity index (χ1) is 9.97. The number of aliphatic hydroxyl groups is 1. The number of rotatable bonds is 3. The molecule has 1 fully saturated rings. The van der Waals surface area contributed by atoms with Crippen LogP contribution < -0.4 is 10.6 Å². The van der Waals surface area contributed by atoms with Gasteiger partial charge in [-0.2, -0.15) is 0 Å². The van der Waals surface area contributed by atoms with E-state index in [0.717, 1.165) is 12.8 Å². The largest absolute Gasteiger partial charge is 0.378 e. The fraction of sp³-hybridized carbons (Fsp3) is 0.429. The molecule has 5 nitrogen and oxygen atoms in total. The molecule has 2 rings (SSSR count). The van der Waals surface area contributed by atoms with Gasteiger partial charge < -0.3 is 15.7 Å². The number of amides is 2. The summed E-state index contributed by atoms with van der Waals surface area (Å²) in [6.45, 7) is 0.609. The van der Waals surface area contributed by atoms with Crippen LogP contribution >= 0.6 is 23.2 Å². The predicted octanol–water partition coefficient (Wildman–Crippen LogP) is 1.81. The van der Waals surface area contributed by atoms with Crippen molar-refractivity contribution in [2.45, 2.75) is 31.4 Å². The fourth-order valence-electron chi connectivity index (χ4n) is 2.21. The van der Waals surface area contributed by atoms with E-state index in [1.807, 2.05) is 0 Å². The van der Waals surface area contributed by atoms with Gasteiger partial charge in [-0.15, -0.1) is 0 Å². The molecule has 2 unspecified atom stereocenters. The SMILES string of the molecule is O=C1NCCCCC1NC(=O)C(O)c1cc(Cl)cc(Cl)c1. The first-order valence-electron chi connectivity index (χ1n) is 6.69. The van der Waals surface area contributed by atoms with Crippen molar-refractivity contribution in [3.8, 4) is 0 Å². The monoisotopic (exact) mass is 330 g/mol. The number of carbonyl (C=O) groups is 2. The van der Waals surface area contributed by atoms with Crippen molar-refractivity contribution in [3.05, 3.63) is 33.8 Å². The molecule has 0 bridgehead atoms. The Bertz CT molecular complexity index is 531. The smallest absolute Gasteiger partial charge is 0.254 e. The molecule has 0 saturated carbocycles. The topological polar surface area (TPSA) is 78.4 Å². The summed E-state index contributed by atoms with van der Waals surface area (Å²) in [6.07, 6.45) is 0.853. The molecule has 1 aliphatic rings. The maximum Gasteiger partial charge on any atom is 0.254 e. The van der Waals surface area contributed by atoms with Crippen LogP contribution in [0.15, 0.2) is 18.2 Å². The van der Waals surface area contributed by atoms with Gasteiger partial charge in [-0.05, 0) is 43.0 Å². The summed E-state index contributed by atoms with van der Waals surface area (Å²) in [5.41, 5.74) is 0.291. The Morgan fingerprint density at radius 1 is 1.29 bits per heavy atom. The number of benzene rings is 1. The van der Waals surface area contributed by atoms with Gasteiger partial charge in [-0.25, -0.2) is 0 Å². The zero-order valence-corrected chi connectivity index (χ0v) is 12.7. The van der Waals surface area contributed by atoms with Gasteiger partial charge in [0.1, 0.15) is 6.04 Å². The van der Waals surface area contributed by atoms with E-state index in [-0.39, 0.29) is 5.91 Å². The van der Waals surface area contributed by atoms with Crippen LogP contribution in [0.25, 0.3) is 0 Å². The minimum atomic E-state index is -1.42. The van der Waals surface area contributed by atoms with Crippen LogP contribution in [0.1, 0.15) is 30.9 Å². The van der Waals surface area contributed by atoms with E-state index in [1.165, 1.54) is 18.2 Å². The second-order valence-electron chi connectivity index (χ2n) is 4.95. The van der Waals surface area contributed by atoms with Gasteiger partial charge in [0.25, 0.3) is 5.91 Å². The van der Waals surface area contributed by atoms with Crippen molar-refractivity contribution in [3.63, 3.8) is 0 Å². The standard InChI is InChI=1S/C14H16Cl2N2O3/c15-9-5-8(6-10(16)7-9)12(19)14(21)18-11-3-1-2-4-17-13(11)20/h5-7,11-12,19H,1-4H2,(H,17,20)(H,18,21). The average molecular weight is 331 g/mol. The molecule has 0 aromatic heterocycles. The van der Waals surface area contributed by atoms with E-state index in [0.29, 0.717) is 28.6 Å². The number of aliphatic hydroxyl groups excluding tert-OH is 1. The van der Waals surface area contributed by atoms with Gasteiger partial charge in [-0.3, -0.25) is 9.59 Å². The van der Waals surface area contributed by atoms with E-state index in [2.05, 4.69) is 10.6 Å². The lowest BCUT2D eigenvalue weighted by Crippen LogP contribution is -2.47. The van der Waals surface area contributed by atoms with E-state index in [9.17, 15) is 14.7 Å². The maximum atomic E-state index is 12.1. The van der Waals surface area contributed by atoms with Gasteiger partial charge in [0, 0.05) is 16.6 Å². The summed E-state index contributed by atoms with van der Waals surface area (Å²) in [6, 6.07) is 3.82. The van der Waals surface area contributed by atoms with E-state index in [4.69, 9.17) is 23.2 Å². The lowest BCUT2D eigenvalue weighted by Gasteiger charge is -2.18. The Morgan fingerprint density at radius 2 is 1.95 bits per heavy atom. The molecule has 1 saturated heterocycles. The number of hydrogen-bond donors (Lipinski definition) is 3. The number of nitrogens with one attached hydrogen (secondary N) is 2. The molecule has 0 aliphatic carbocycles. The number of carbonyl (C=O) groups excluding carboxylic acids is 2. The molecule has 7 heteroatoms. The van der Waals surface area contributed by atoms with Crippen LogP contribution in [0, 0.1) is 0 Å². The van der Waals surface area contributed by atoms with Gasteiger partial charge in [0.15, 0.2) is 6.10 Å². The first kappa shape index (κ1) is 16.1. The molecular weight excluding hydrogens is 315 g/mol. The highest BCUT2D eigenvalue weighted by atomic mass is 35.5. The molecule has 114 valence electrons. The molecule has 2 amide bonds. The third kappa shape index (κ3) is 4.33. The Kier molecular flexibility index (Phi) is 5.45. The Balaban J connectivity index is 2.06. The van der Waals surface area contributed by atoms with Crippen molar-refractivity contribution in [1.29, 1.82) is 0 Å². The average Bonchev–Trinajstić information content (AvgIpc) is 2.62. The van der Waals surface area contributed by atoms with Crippen LogP contribution in [0.3, 0.4) is 0 Å². The summed E-state index contributed by atoms with van der Waals surface area (Å²) >= 11 is 11.7. The minimum absolute atomic E-state index is 0.225. The van der Waals surface area contributed by atoms with Gasteiger partial charge in [-0.1, -0.05) is 23.2 Å². The van der Waals surface area contributed by atoms with Crippen LogP contribution in [0.5, 0.6) is 0 Å². The van der Waals surface area contributed by atoms with Crippen LogP contribution in [-0.4, -0.2) is 29.5 Å². The predicted molar refractivity (Wildman–Crippen MR) is 80.2 cm³/mol. The lowest BCUT2D eigenvalue weighted by atomic mass is 10.1. The molecule has 0 radical (unpaired) electrons. The van der Waals surface area contributed by atoms with E-state index in [1.54, 1.807) is 0 Å². The highest BCUT2D eigenvalue weighted by molar-refractivity contribution is 6.34. The number of halogens is 2. The molecule has 21 heavy (non-hydrogen) atoms. The van der Waals surface area contributed by atoms with E-state index >= 15 is 0 Å². The molecule has 1 aromatic carbocycles. The second-order valence-corrected chi connectivity index (χ2v) is 5.83. The molecule has 1 aliphatic heterocycles. The van der Waals surface area contributed by atoms with Gasteiger partial charge in [0.05, 0.1) is 0 Å². The molecule has 2 atom stereocenters. The Hall–Kier alpha value is -1.30. The Morgan fingerprint density at radius 3 is 2.62 bits per heavy atom. The summed E-state index contributed by atoms with van der Waals surface area (Å²) in [5, 5.41) is 16.0. The summed E-state index contributed by atoms with van der Waals surface area (Å²) < 4.78 is 0. The highest BCUT2D eigenvalue weighted by Crippen LogP contribution is 2.24. The van der Waals surface area contributed by atoms with Crippen LogP contribution in [-0.2, 0) is 9.59 Å². The van der Waals surface area contributed by atoms with Crippen molar-refractivity contribution in [2.75, 3.05) is 6.54 Å². The molecule has 0 spiro atoms. The third-order valence-electron chi connectivity index (χ3n) is 3.30. The second kappa shape index (κ2) is 7.11. The van der Waals surface area contributed by atoms with Crippen molar-refractivity contribution >= 4 is 35.0 Å². The van der Waals surface area contributed by atoms with Crippen molar-refractivity contribution in [2.24, 2.45) is 0 Å². The summed E-state index contributed by atoms with van der Waals surface area (Å²) in [5.74, 6) is -0.868. The fourth-order valence-corrected chi connectivity index (χ4v) is 2.76. The van der Waals surface area contributed by atoms with E-state index < -0.39 is 18.1 Å². The number of hydrogen-bond acceptors (Lipinski definition) is 3. The zero-order valence-electron chi connectivity index (χ0n) is 11.2. The quantitative estimate of drug-likeness (QED) is 0.790. The third-order valence-corrected chi connectivity index (χ3v) is 3.74. The molecule has 1 aromatic rings. The first-order valence-corrected chi connectivity index (χ1v) is 7.45. The summed E-state index contributed by atoms with van der Waals surface area (Å²) in [7, 11) is 0. The minimum Gasteiger partial charge on any atom is -0.378 e. The van der Waals surface area contributed by atoms with Gasteiger partial charge in [0.2, 0.25) is 5.91 Å². The van der Waals surface area contributed by atoms with Crippen molar-refractivity contribution < 1.29 is 14.7 Å². The van der Waals surface area contributed by atoms with Gasteiger partial charge >= 0.3 is 0 Å². The highest BCUT2D eigenvalue weighted by Gasteiger charge is 2.26. The zero-order chi connectivity index (χ0) is 15.4. The van der Waals surface area contributed by atoms with Crippen LogP contribution in [0.2, 0.25) is 10.0 Å². The Labute approximate surface area is 132 Å². The molecule has 3 N–H and O–H groups in total. The summed E-state index contributed by atoms with van der Waals surface area (Å²) in [4.78, 5) is 23.8. The maximum absolute atomic E-state index is 12.1.